The average molecular weight is 356 g/mol. The first-order valence-corrected chi connectivity index (χ1v) is 8.50. The van der Waals surface area contributed by atoms with E-state index >= 15 is 0 Å². The molecule has 0 spiro atoms. The first-order valence-electron chi connectivity index (χ1n) is 8.50. The van der Waals surface area contributed by atoms with Gasteiger partial charge < -0.3 is 10.1 Å². The van der Waals surface area contributed by atoms with Crippen molar-refractivity contribution in [1.82, 2.24) is 9.97 Å². The van der Waals surface area contributed by atoms with Gasteiger partial charge in [0.2, 0.25) is 5.78 Å². The van der Waals surface area contributed by atoms with Crippen LogP contribution in [-0.4, -0.2) is 26.8 Å². The summed E-state index contributed by atoms with van der Waals surface area (Å²) >= 11 is 0. The second-order valence-corrected chi connectivity index (χ2v) is 6.24. The Balaban J connectivity index is 1.73. The standard InChI is InChI=1S/C22H16N2O3/c25-20(26)13-18-17-3-1-2-4-19(17)24-21(18)22(27)16-7-5-14(6-8-16)15-9-11-23-12-10-15/h1-12,24H,13H2,(H,25,26). The molecule has 5 nitrogen and oxygen atoms in total. The Morgan fingerprint density at radius 2 is 1.56 bits per heavy atom. The Kier molecular flexibility index (Phi) is 4.26. The smallest absolute Gasteiger partial charge is 0.307 e. The number of aromatic nitrogens is 2. The maximum absolute atomic E-state index is 13.0. The molecule has 0 saturated carbocycles. The molecule has 0 saturated heterocycles. The van der Waals surface area contributed by atoms with Gasteiger partial charge in [-0.2, -0.15) is 0 Å². The normalized spacial score (nSPS) is 10.8. The van der Waals surface area contributed by atoms with Crippen LogP contribution in [0.15, 0.2) is 73.1 Å². The largest absolute Gasteiger partial charge is 0.481 e. The van der Waals surface area contributed by atoms with Crippen LogP contribution < -0.4 is 0 Å². The van der Waals surface area contributed by atoms with Gasteiger partial charge in [-0.05, 0) is 29.3 Å². The highest BCUT2D eigenvalue weighted by Crippen LogP contribution is 2.26. The van der Waals surface area contributed by atoms with E-state index in [1.165, 1.54) is 0 Å². The molecule has 0 aliphatic carbocycles. The lowest BCUT2D eigenvalue weighted by molar-refractivity contribution is -0.136. The molecule has 4 rings (SSSR count). The maximum Gasteiger partial charge on any atom is 0.307 e. The zero-order valence-corrected chi connectivity index (χ0v) is 14.3. The van der Waals surface area contributed by atoms with Crippen LogP contribution in [0.5, 0.6) is 0 Å². The predicted molar refractivity (Wildman–Crippen MR) is 103 cm³/mol. The minimum absolute atomic E-state index is 0.208. The third-order valence-corrected chi connectivity index (χ3v) is 4.53. The van der Waals surface area contributed by atoms with E-state index in [0.717, 1.165) is 22.0 Å². The number of ketones is 1. The molecular weight excluding hydrogens is 340 g/mol. The first kappa shape index (κ1) is 16.7. The number of nitrogens with one attached hydrogen (secondary N) is 1. The fourth-order valence-corrected chi connectivity index (χ4v) is 3.23. The summed E-state index contributed by atoms with van der Waals surface area (Å²) in [7, 11) is 0. The molecule has 132 valence electrons. The van der Waals surface area contributed by atoms with Crippen molar-refractivity contribution in [3.63, 3.8) is 0 Å². The number of carboxylic acids is 1. The van der Waals surface area contributed by atoms with Crippen LogP contribution in [0.3, 0.4) is 0 Å². The molecule has 0 aliphatic heterocycles. The van der Waals surface area contributed by atoms with Crippen molar-refractivity contribution < 1.29 is 14.7 Å². The van der Waals surface area contributed by atoms with E-state index in [-0.39, 0.29) is 12.2 Å². The number of fused-ring (bicyclic) bond motifs is 1. The Morgan fingerprint density at radius 3 is 2.26 bits per heavy atom. The summed E-state index contributed by atoms with van der Waals surface area (Å²) in [5.74, 6) is -1.19. The number of carboxylic acid groups (broad SMARTS) is 1. The summed E-state index contributed by atoms with van der Waals surface area (Å²) in [6, 6.07) is 18.4. The molecular formula is C22H16N2O3. The summed E-state index contributed by atoms with van der Waals surface area (Å²) in [6.45, 7) is 0. The van der Waals surface area contributed by atoms with Crippen molar-refractivity contribution in [3.8, 4) is 11.1 Å². The Hall–Kier alpha value is -3.73. The van der Waals surface area contributed by atoms with Gasteiger partial charge in [0.1, 0.15) is 0 Å². The third-order valence-electron chi connectivity index (χ3n) is 4.53. The number of hydrogen-bond donors (Lipinski definition) is 2. The van der Waals surface area contributed by atoms with E-state index in [0.29, 0.717) is 16.8 Å². The van der Waals surface area contributed by atoms with Gasteiger partial charge >= 0.3 is 5.97 Å². The molecule has 4 aromatic rings. The van der Waals surface area contributed by atoms with E-state index in [2.05, 4.69) is 9.97 Å². The lowest BCUT2D eigenvalue weighted by Crippen LogP contribution is -2.08. The Morgan fingerprint density at radius 1 is 0.889 bits per heavy atom. The first-order chi connectivity index (χ1) is 13.1. The van der Waals surface area contributed by atoms with Crippen LogP contribution in [-0.2, 0) is 11.2 Å². The molecule has 0 fully saturated rings. The van der Waals surface area contributed by atoms with Gasteiger partial charge in [-0.3, -0.25) is 14.6 Å². The summed E-state index contributed by atoms with van der Waals surface area (Å²) < 4.78 is 0. The lowest BCUT2D eigenvalue weighted by Gasteiger charge is -2.05. The average Bonchev–Trinajstić information content (AvgIpc) is 3.06. The van der Waals surface area contributed by atoms with Gasteiger partial charge in [-0.1, -0.05) is 42.5 Å². The Bertz CT molecular complexity index is 1130. The molecule has 2 aromatic carbocycles. The van der Waals surface area contributed by atoms with Crippen LogP contribution in [0.4, 0.5) is 0 Å². The van der Waals surface area contributed by atoms with E-state index in [9.17, 15) is 14.7 Å². The molecule has 2 N–H and O–H groups in total. The predicted octanol–water partition coefficient (Wildman–Crippen LogP) is 4.09. The van der Waals surface area contributed by atoms with Crippen molar-refractivity contribution >= 4 is 22.7 Å². The number of carbonyl (C=O) groups is 2. The Labute approximate surface area is 155 Å². The van der Waals surface area contributed by atoms with Crippen LogP contribution in [0.2, 0.25) is 0 Å². The van der Waals surface area contributed by atoms with Crippen molar-refractivity contribution in [1.29, 1.82) is 0 Å². The van der Waals surface area contributed by atoms with Gasteiger partial charge in [-0.25, -0.2) is 0 Å². The minimum Gasteiger partial charge on any atom is -0.481 e. The summed E-state index contributed by atoms with van der Waals surface area (Å²) in [6.07, 6.45) is 3.23. The quantitative estimate of drug-likeness (QED) is 0.528. The van der Waals surface area contributed by atoms with Gasteiger partial charge in [0, 0.05) is 34.4 Å². The number of aliphatic carboxylic acids is 1. The van der Waals surface area contributed by atoms with Gasteiger partial charge in [-0.15, -0.1) is 0 Å². The second-order valence-electron chi connectivity index (χ2n) is 6.24. The molecule has 0 atom stereocenters. The molecule has 0 aliphatic rings. The molecule has 0 amide bonds. The van der Waals surface area contributed by atoms with Crippen LogP contribution in [0, 0.1) is 0 Å². The molecule has 2 heterocycles. The van der Waals surface area contributed by atoms with Crippen LogP contribution >= 0.6 is 0 Å². The molecule has 0 unspecified atom stereocenters. The van der Waals surface area contributed by atoms with Crippen molar-refractivity contribution in [2.45, 2.75) is 6.42 Å². The fraction of sp³-hybridized carbons (Fsp3) is 0.0455. The topological polar surface area (TPSA) is 83.0 Å². The van der Waals surface area contributed by atoms with E-state index < -0.39 is 5.97 Å². The summed E-state index contributed by atoms with van der Waals surface area (Å²) in [5, 5.41) is 10.0. The number of H-pyrrole nitrogens is 1. The van der Waals surface area contributed by atoms with Gasteiger partial charge in [0.25, 0.3) is 0 Å². The number of hydrogen-bond acceptors (Lipinski definition) is 3. The molecule has 0 radical (unpaired) electrons. The number of nitrogens with zero attached hydrogens (tertiary/aromatic N) is 1. The summed E-state index contributed by atoms with van der Waals surface area (Å²) in [4.78, 5) is 31.4. The molecule has 0 bridgehead atoms. The second kappa shape index (κ2) is 6.88. The number of benzene rings is 2. The van der Waals surface area contributed by atoms with Gasteiger partial charge in [0.15, 0.2) is 0 Å². The number of aromatic amines is 1. The van der Waals surface area contributed by atoms with Crippen molar-refractivity contribution in [2.75, 3.05) is 0 Å². The van der Waals surface area contributed by atoms with E-state index in [4.69, 9.17) is 0 Å². The molecule has 27 heavy (non-hydrogen) atoms. The lowest BCUT2D eigenvalue weighted by atomic mass is 9.99. The van der Waals surface area contributed by atoms with E-state index in [1.54, 1.807) is 24.5 Å². The van der Waals surface area contributed by atoms with Crippen molar-refractivity contribution in [3.05, 3.63) is 89.9 Å². The molecule has 5 heteroatoms. The van der Waals surface area contributed by atoms with Crippen LogP contribution in [0.1, 0.15) is 21.6 Å². The zero-order chi connectivity index (χ0) is 18.8. The van der Waals surface area contributed by atoms with Crippen LogP contribution in [0.25, 0.3) is 22.0 Å². The summed E-state index contributed by atoms with van der Waals surface area (Å²) in [5.41, 5.74) is 4.10. The minimum atomic E-state index is -0.971. The maximum atomic E-state index is 13.0. The highest BCUT2D eigenvalue weighted by Gasteiger charge is 2.20. The number of pyridine rings is 1. The van der Waals surface area contributed by atoms with E-state index in [1.807, 2.05) is 48.5 Å². The van der Waals surface area contributed by atoms with Crippen molar-refractivity contribution in [2.24, 2.45) is 0 Å². The number of carbonyl (C=O) groups excluding carboxylic acids is 1. The highest BCUT2D eigenvalue weighted by atomic mass is 16.4. The monoisotopic (exact) mass is 356 g/mol. The number of para-hydroxylation sites is 1. The van der Waals surface area contributed by atoms with Gasteiger partial charge in [0.05, 0.1) is 12.1 Å². The number of rotatable bonds is 5. The zero-order valence-electron chi connectivity index (χ0n) is 14.3. The SMILES string of the molecule is O=C(O)Cc1c(C(=O)c2ccc(-c3ccncc3)cc2)[nH]c2ccccc12. The molecule has 2 aromatic heterocycles. The third kappa shape index (κ3) is 3.22. The highest BCUT2D eigenvalue weighted by molar-refractivity contribution is 6.12. The fourth-order valence-electron chi connectivity index (χ4n) is 3.23.